The number of sulfonamides is 1. The Balaban J connectivity index is 1.48. The third-order valence-electron chi connectivity index (χ3n) is 6.36. The molecule has 9 heteroatoms. The molecule has 0 bridgehead atoms. The number of benzene rings is 3. The second-order valence-electron chi connectivity index (χ2n) is 9.30. The Bertz CT molecular complexity index is 1680. The molecule has 0 saturated heterocycles. The topological polar surface area (TPSA) is 115 Å². The van der Waals surface area contributed by atoms with E-state index in [-0.39, 0.29) is 16.6 Å². The van der Waals surface area contributed by atoms with Gasteiger partial charge in [-0.05, 0) is 60.4 Å². The van der Waals surface area contributed by atoms with Crippen molar-refractivity contribution in [2.24, 2.45) is 5.92 Å². The van der Waals surface area contributed by atoms with Gasteiger partial charge in [-0.3, -0.25) is 9.59 Å². The fourth-order valence-corrected chi connectivity index (χ4v) is 5.55. The predicted molar refractivity (Wildman–Crippen MR) is 150 cm³/mol. The molecule has 1 amide bonds. The smallest absolute Gasteiger partial charge is 0.324 e. The van der Waals surface area contributed by atoms with Crippen molar-refractivity contribution in [3.63, 3.8) is 0 Å². The number of esters is 1. The molecule has 39 heavy (non-hydrogen) atoms. The van der Waals surface area contributed by atoms with Crippen LogP contribution in [0.3, 0.4) is 0 Å². The van der Waals surface area contributed by atoms with Crippen molar-refractivity contribution in [1.82, 2.24) is 4.72 Å². The number of hydrogen-bond donors (Lipinski definition) is 2. The van der Waals surface area contributed by atoms with Crippen molar-refractivity contribution in [2.75, 3.05) is 12.4 Å². The van der Waals surface area contributed by atoms with Crippen LogP contribution in [0.25, 0.3) is 22.1 Å². The Morgan fingerprint density at radius 2 is 1.59 bits per heavy atom. The number of methoxy groups -OCH3 is 1. The van der Waals surface area contributed by atoms with Gasteiger partial charge in [0.25, 0.3) is 5.91 Å². The highest BCUT2D eigenvalue weighted by molar-refractivity contribution is 7.89. The molecule has 0 saturated carbocycles. The van der Waals surface area contributed by atoms with Crippen molar-refractivity contribution < 1.29 is 27.2 Å². The van der Waals surface area contributed by atoms with Crippen LogP contribution in [-0.2, 0) is 19.6 Å². The molecule has 3 aromatic carbocycles. The summed E-state index contributed by atoms with van der Waals surface area (Å²) in [6.07, 6.45) is 5.59. The number of rotatable bonds is 8. The molecule has 1 atom stereocenters. The second kappa shape index (κ2) is 11.2. The highest BCUT2D eigenvalue weighted by Crippen LogP contribution is 2.29. The maximum atomic E-state index is 12.9. The van der Waals surface area contributed by atoms with Gasteiger partial charge < -0.3 is 14.5 Å². The van der Waals surface area contributed by atoms with Gasteiger partial charge in [0.1, 0.15) is 11.6 Å². The second-order valence-corrected chi connectivity index (χ2v) is 11.0. The molecular formula is C30H28N2O6S. The molecule has 0 aliphatic heterocycles. The van der Waals surface area contributed by atoms with Crippen molar-refractivity contribution in [3.8, 4) is 23.5 Å². The van der Waals surface area contributed by atoms with Crippen LogP contribution in [0, 0.1) is 25.2 Å². The lowest BCUT2D eigenvalue weighted by Crippen LogP contribution is -2.44. The molecule has 2 N–H and O–H groups in total. The van der Waals surface area contributed by atoms with E-state index in [1.807, 2.05) is 12.1 Å². The number of aryl methyl sites for hydroxylation is 1. The van der Waals surface area contributed by atoms with E-state index in [4.69, 9.17) is 15.6 Å². The van der Waals surface area contributed by atoms with Crippen molar-refractivity contribution in [1.29, 1.82) is 0 Å². The molecule has 0 radical (unpaired) electrons. The normalized spacial score (nSPS) is 12.2. The number of amides is 1. The van der Waals surface area contributed by atoms with Crippen LogP contribution in [0.4, 0.5) is 5.69 Å². The summed E-state index contributed by atoms with van der Waals surface area (Å²) in [6, 6.07) is 17.7. The fourth-order valence-electron chi connectivity index (χ4n) is 4.22. The summed E-state index contributed by atoms with van der Waals surface area (Å²) in [5.41, 5.74) is 4.03. The standard InChI is InChI=1S/C30H28N2O6S/c1-6-20-8-7-9-25-26(20)19(4)28(38-25)29(33)31-23-14-10-21(11-15-23)22-12-16-24(17-13-22)39(35,36)32-27(18(2)3)30(34)37-5/h1,7-18,27,32H,2-5H3,(H,31,33). The first-order valence-electron chi connectivity index (χ1n) is 12.2. The minimum absolute atomic E-state index is 0.0267. The third-order valence-corrected chi connectivity index (χ3v) is 7.82. The van der Waals surface area contributed by atoms with Gasteiger partial charge in [0.2, 0.25) is 10.0 Å². The summed E-state index contributed by atoms with van der Waals surface area (Å²) in [6.45, 7) is 5.25. The molecule has 0 spiro atoms. The maximum absolute atomic E-state index is 12.9. The average Bonchev–Trinajstić information content (AvgIpc) is 3.28. The van der Waals surface area contributed by atoms with Gasteiger partial charge in [-0.1, -0.05) is 50.1 Å². The molecule has 4 aromatic rings. The van der Waals surface area contributed by atoms with Crippen LogP contribution in [-0.4, -0.2) is 33.4 Å². The lowest BCUT2D eigenvalue weighted by Gasteiger charge is -2.19. The van der Waals surface area contributed by atoms with Gasteiger partial charge in [0, 0.05) is 22.2 Å². The minimum Gasteiger partial charge on any atom is -0.468 e. The molecule has 1 unspecified atom stereocenters. The van der Waals surface area contributed by atoms with E-state index < -0.39 is 27.9 Å². The summed E-state index contributed by atoms with van der Waals surface area (Å²) in [5, 5.41) is 3.58. The number of nitrogens with one attached hydrogen (secondary N) is 2. The Hall–Kier alpha value is -4.39. The Kier molecular flexibility index (Phi) is 7.90. The molecule has 8 nitrogen and oxygen atoms in total. The van der Waals surface area contributed by atoms with Gasteiger partial charge in [-0.15, -0.1) is 6.42 Å². The van der Waals surface area contributed by atoms with Gasteiger partial charge >= 0.3 is 5.97 Å². The molecule has 0 fully saturated rings. The lowest BCUT2D eigenvalue weighted by molar-refractivity contribution is -0.143. The van der Waals surface area contributed by atoms with E-state index >= 15 is 0 Å². The number of carbonyl (C=O) groups excluding carboxylic acids is 2. The quantitative estimate of drug-likeness (QED) is 0.235. The van der Waals surface area contributed by atoms with E-state index in [1.165, 1.54) is 19.2 Å². The van der Waals surface area contributed by atoms with Crippen molar-refractivity contribution in [2.45, 2.75) is 31.7 Å². The number of fused-ring (bicyclic) bond motifs is 1. The zero-order chi connectivity index (χ0) is 28.3. The first kappa shape index (κ1) is 27.6. The number of carbonyl (C=O) groups is 2. The number of terminal acetylenes is 1. The first-order valence-corrected chi connectivity index (χ1v) is 13.6. The summed E-state index contributed by atoms with van der Waals surface area (Å²) in [4.78, 5) is 24.9. The number of furan rings is 1. The van der Waals surface area contributed by atoms with E-state index in [1.54, 1.807) is 63.2 Å². The Morgan fingerprint density at radius 1 is 0.974 bits per heavy atom. The minimum atomic E-state index is -3.94. The highest BCUT2D eigenvalue weighted by atomic mass is 32.2. The van der Waals surface area contributed by atoms with Crippen LogP contribution in [0.15, 0.2) is 76.0 Å². The first-order chi connectivity index (χ1) is 18.6. The molecule has 1 heterocycles. The number of ether oxygens (including phenoxy) is 1. The van der Waals surface area contributed by atoms with Crippen LogP contribution < -0.4 is 10.0 Å². The van der Waals surface area contributed by atoms with Gasteiger partial charge in [-0.2, -0.15) is 4.72 Å². The maximum Gasteiger partial charge on any atom is 0.324 e. The fraction of sp³-hybridized carbons (Fsp3) is 0.200. The molecule has 1 aromatic heterocycles. The lowest BCUT2D eigenvalue weighted by atomic mass is 10.1. The van der Waals surface area contributed by atoms with Crippen LogP contribution in [0.2, 0.25) is 0 Å². The molecule has 0 aliphatic carbocycles. The van der Waals surface area contributed by atoms with Gasteiger partial charge in [0.05, 0.1) is 12.0 Å². The van der Waals surface area contributed by atoms with Crippen molar-refractivity contribution in [3.05, 3.63) is 83.6 Å². The SMILES string of the molecule is C#Cc1cccc2oc(C(=O)Nc3ccc(-c4ccc(S(=O)(=O)NC(C(=O)OC)C(C)C)cc4)cc3)c(C)c12. The van der Waals surface area contributed by atoms with Crippen LogP contribution >= 0.6 is 0 Å². The summed E-state index contributed by atoms with van der Waals surface area (Å²) in [7, 11) is -2.73. The summed E-state index contributed by atoms with van der Waals surface area (Å²) >= 11 is 0. The monoisotopic (exact) mass is 544 g/mol. The van der Waals surface area contributed by atoms with Crippen LogP contribution in [0.5, 0.6) is 0 Å². The van der Waals surface area contributed by atoms with Gasteiger partial charge in [0.15, 0.2) is 5.76 Å². The van der Waals surface area contributed by atoms with E-state index in [0.29, 0.717) is 22.4 Å². The highest BCUT2D eigenvalue weighted by Gasteiger charge is 2.29. The van der Waals surface area contributed by atoms with Crippen LogP contribution in [0.1, 0.15) is 35.5 Å². The molecular weight excluding hydrogens is 516 g/mol. The van der Waals surface area contributed by atoms with E-state index in [9.17, 15) is 18.0 Å². The number of anilines is 1. The van der Waals surface area contributed by atoms with E-state index in [0.717, 1.165) is 16.5 Å². The average molecular weight is 545 g/mol. The van der Waals surface area contributed by atoms with Crippen molar-refractivity contribution >= 4 is 38.6 Å². The number of hydrogen-bond acceptors (Lipinski definition) is 6. The molecule has 4 rings (SSSR count). The Morgan fingerprint density at radius 3 is 2.15 bits per heavy atom. The summed E-state index contributed by atoms with van der Waals surface area (Å²) < 4.78 is 38.5. The Labute approximate surface area is 227 Å². The predicted octanol–water partition coefficient (Wildman–Crippen LogP) is 5.12. The van der Waals surface area contributed by atoms with E-state index in [2.05, 4.69) is 16.0 Å². The third kappa shape index (κ3) is 5.72. The zero-order valence-corrected chi connectivity index (χ0v) is 22.8. The summed E-state index contributed by atoms with van der Waals surface area (Å²) in [5.74, 6) is 1.47. The molecule has 0 aliphatic rings. The van der Waals surface area contributed by atoms with Gasteiger partial charge in [-0.25, -0.2) is 8.42 Å². The zero-order valence-electron chi connectivity index (χ0n) is 21.9. The largest absolute Gasteiger partial charge is 0.468 e. The molecule has 200 valence electrons.